The topological polar surface area (TPSA) is 0 Å². The second-order valence-corrected chi connectivity index (χ2v) is 16.1. The molecule has 0 amide bonds. The Bertz CT molecular complexity index is 1780. The zero-order valence-corrected chi connectivity index (χ0v) is 23.1. The molecule has 0 nitrogen and oxygen atoms in total. The molecule has 152 valence electrons. The molecule has 2 aromatic carbocycles. The Morgan fingerprint density at radius 2 is 1.00 bits per heavy atom. The Morgan fingerprint density at radius 1 is 0.500 bits per heavy atom. The monoisotopic (exact) mass is 612 g/mol. The zero-order chi connectivity index (χ0) is 20.8. The number of thiophene rings is 4. The molecule has 8 rings (SSSR count). The summed E-state index contributed by atoms with van der Waals surface area (Å²) < 4.78 is 11.6. The molecule has 0 bridgehead atoms. The van der Waals surface area contributed by atoms with Crippen molar-refractivity contribution in [3.63, 3.8) is 0 Å². The first-order valence-electron chi connectivity index (χ1n) is 10.1. The third kappa shape index (κ3) is 2.76. The fourth-order valence-corrected chi connectivity index (χ4v) is 12.9. The van der Waals surface area contributed by atoms with E-state index in [9.17, 15) is 0 Å². The molecule has 0 saturated heterocycles. The number of hydrogen-bond acceptors (Lipinski definition) is 4. The summed E-state index contributed by atoms with van der Waals surface area (Å²) in [7, 11) is 0. The molecule has 0 radical (unpaired) electrons. The predicted molar refractivity (Wildman–Crippen MR) is 150 cm³/mol. The first-order valence-corrected chi connectivity index (χ1v) is 17.1. The predicted octanol–water partition coefficient (Wildman–Crippen LogP) is 9.15. The molecule has 0 N–H and O–H groups in total. The fraction of sp³-hybridized carbons (Fsp3) is 0. The number of hydrogen-bond donors (Lipinski definition) is 0. The minimum absolute atomic E-state index is 0.496. The van der Waals surface area contributed by atoms with Crippen molar-refractivity contribution in [2.24, 2.45) is 0 Å². The van der Waals surface area contributed by atoms with Crippen molar-refractivity contribution in [3.05, 3.63) is 70.5 Å². The maximum absolute atomic E-state index is 2.44. The summed E-state index contributed by atoms with van der Waals surface area (Å²) in [5, 5.41) is 5.65. The van der Waals surface area contributed by atoms with Gasteiger partial charge in [-0.25, -0.2) is 0 Å². The van der Waals surface area contributed by atoms with Crippen molar-refractivity contribution in [3.8, 4) is 18.6 Å². The van der Waals surface area contributed by atoms with Crippen LogP contribution in [0.5, 0.6) is 0 Å². The van der Waals surface area contributed by atoms with Gasteiger partial charge in [0.1, 0.15) is 0 Å². The Hall–Kier alpha value is -1.46. The normalized spacial score (nSPS) is 12.4. The third-order valence-electron chi connectivity index (χ3n) is 5.88. The van der Waals surface area contributed by atoms with E-state index in [1.807, 2.05) is 45.3 Å². The van der Waals surface area contributed by atoms with Crippen LogP contribution in [0, 0.1) is 0 Å². The van der Waals surface area contributed by atoms with Crippen LogP contribution in [0.3, 0.4) is 0 Å². The SMILES string of the molecule is c1c[se]c(-c2cc3cc4c(cc3s2)sc2c3cc5cc(-c6ccc[se]6)sc5cc3sc42)c1. The average molecular weight is 611 g/mol. The Balaban J connectivity index is 1.35. The maximum atomic E-state index is 2.44. The van der Waals surface area contributed by atoms with E-state index < -0.39 is 0 Å². The van der Waals surface area contributed by atoms with Gasteiger partial charge in [0.2, 0.25) is 0 Å². The van der Waals surface area contributed by atoms with Gasteiger partial charge in [-0.2, -0.15) is 0 Å². The van der Waals surface area contributed by atoms with E-state index >= 15 is 0 Å². The van der Waals surface area contributed by atoms with E-state index in [1.54, 1.807) is 0 Å². The molecule has 8 aromatic rings. The van der Waals surface area contributed by atoms with Crippen molar-refractivity contribution in [2.45, 2.75) is 0 Å². The minimum atomic E-state index is 0.496. The molecule has 6 heteroatoms. The van der Waals surface area contributed by atoms with Crippen molar-refractivity contribution in [1.29, 1.82) is 0 Å². The van der Waals surface area contributed by atoms with Crippen molar-refractivity contribution < 1.29 is 0 Å². The molecule has 6 heterocycles. The van der Waals surface area contributed by atoms with Crippen molar-refractivity contribution in [2.75, 3.05) is 0 Å². The molecule has 0 aliphatic rings. The summed E-state index contributed by atoms with van der Waals surface area (Å²) in [5.41, 5.74) is 0. The summed E-state index contributed by atoms with van der Waals surface area (Å²) >= 11 is 8.84. The van der Waals surface area contributed by atoms with Gasteiger partial charge in [0.05, 0.1) is 0 Å². The van der Waals surface area contributed by atoms with Gasteiger partial charge >= 0.3 is 213 Å². The van der Waals surface area contributed by atoms with Crippen LogP contribution in [-0.4, -0.2) is 29.0 Å². The van der Waals surface area contributed by atoms with E-state index in [1.165, 1.54) is 68.4 Å². The van der Waals surface area contributed by atoms with Gasteiger partial charge in [0, 0.05) is 0 Å². The van der Waals surface area contributed by atoms with Crippen LogP contribution in [0.2, 0.25) is 0 Å². The Labute approximate surface area is 211 Å². The van der Waals surface area contributed by atoms with Gasteiger partial charge in [-0.1, -0.05) is 0 Å². The number of fused-ring (bicyclic) bond motifs is 7. The Kier molecular flexibility index (Phi) is 4.15. The van der Waals surface area contributed by atoms with Crippen LogP contribution in [0.1, 0.15) is 0 Å². The molecule has 0 aliphatic heterocycles. The average Bonchev–Trinajstić information content (AvgIpc) is 3.61. The first kappa shape index (κ1) is 18.9. The van der Waals surface area contributed by atoms with Gasteiger partial charge in [-0.15, -0.1) is 0 Å². The van der Waals surface area contributed by atoms with Gasteiger partial charge in [-0.3, -0.25) is 0 Å². The molecule has 6 aromatic heterocycles. The van der Waals surface area contributed by atoms with E-state index in [4.69, 9.17) is 0 Å². The van der Waals surface area contributed by atoms with Crippen LogP contribution in [0.15, 0.2) is 70.5 Å². The third-order valence-corrected chi connectivity index (χ3v) is 15.0. The van der Waals surface area contributed by atoms with Crippen LogP contribution >= 0.6 is 45.3 Å². The van der Waals surface area contributed by atoms with Crippen molar-refractivity contribution >= 4 is 124 Å². The molecular formula is C26H12S4Se2. The van der Waals surface area contributed by atoms with Gasteiger partial charge in [0.25, 0.3) is 0 Å². The van der Waals surface area contributed by atoms with Crippen LogP contribution in [0.25, 0.3) is 68.4 Å². The molecule has 0 atom stereocenters. The summed E-state index contributed by atoms with van der Waals surface area (Å²) in [5.74, 6) is 0. The molecule has 0 aliphatic carbocycles. The standard InChI is InChI=1S/C26H12S4Se2/c1-3-23(31-5-1)21-9-13-7-15-19(11-17(13)27-21)29-26-16-8-14-10-22(24-4-2-6-32-24)28-18(14)12-20(16)30-25(15)26/h1-12H. The second kappa shape index (κ2) is 7.02. The molecule has 0 unspecified atom stereocenters. The van der Waals surface area contributed by atoms with Crippen LogP contribution < -0.4 is 0 Å². The van der Waals surface area contributed by atoms with E-state index in [0.717, 1.165) is 0 Å². The van der Waals surface area contributed by atoms with Gasteiger partial charge in [0.15, 0.2) is 0 Å². The molecule has 0 spiro atoms. The van der Waals surface area contributed by atoms with E-state index in [0.29, 0.717) is 29.0 Å². The summed E-state index contributed by atoms with van der Waals surface area (Å²) in [4.78, 5) is 7.50. The van der Waals surface area contributed by atoms with Gasteiger partial charge in [-0.05, 0) is 0 Å². The summed E-state index contributed by atoms with van der Waals surface area (Å²) in [6, 6.07) is 23.5. The van der Waals surface area contributed by atoms with Crippen molar-refractivity contribution in [1.82, 2.24) is 0 Å². The summed E-state index contributed by atoms with van der Waals surface area (Å²) in [6.07, 6.45) is 0. The Morgan fingerprint density at radius 3 is 1.44 bits per heavy atom. The van der Waals surface area contributed by atoms with Gasteiger partial charge < -0.3 is 0 Å². The summed E-state index contributed by atoms with van der Waals surface area (Å²) in [6.45, 7) is 0. The number of benzene rings is 2. The molecule has 32 heavy (non-hydrogen) atoms. The second-order valence-electron chi connectivity index (χ2n) is 7.81. The number of rotatable bonds is 2. The molecular weight excluding hydrogens is 598 g/mol. The fourth-order valence-electron chi connectivity index (χ4n) is 4.41. The van der Waals surface area contributed by atoms with E-state index in [-0.39, 0.29) is 0 Å². The van der Waals surface area contributed by atoms with Crippen LogP contribution in [-0.2, 0) is 0 Å². The zero-order valence-electron chi connectivity index (χ0n) is 16.4. The molecule has 0 saturated carbocycles. The van der Waals surface area contributed by atoms with Crippen LogP contribution in [0.4, 0.5) is 0 Å². The first-order chi connectivity index (χ1) is 15.8. The molecule has 0 fully saturated rings. The quantitative estimate of drug-likeness (QED) is 0.171. The van der Waals surface area contributed by atoms with E-state index in [2.05, 4.69) is 70.5 Å².